The molecule has 0 aliphatic rings. The molecule has 5 heteroatoms. The van der Waals surface area contributed by atoms with E-state index in [1.165, 1.54) is 14.0 Å². The van der Waals surface area contributed by atoms with Gasteiger partial charge in [-0.1, -0.05) is 0 Å². The maximum absolute atomic E-state index is 10.6. The van der Waals surface area contributed by atoms with Gasteiger partial charge in [0.2, 0.25) is 0 Å². The predicted octanol–water partition coefficient (Wildman–Crippen LogP) is -0.708. The molecule has 1 amide bonds. The smallest absolute Gasteiger partial charge is 0.407 e. The lowest BCUT2D eigenvalue weighted by molar-refractivity contribution is -0.119. The van der Waals surface area contributed by atoms with Crippen molar-refractivity contribution in [1.82, 2.24) is 5.32 Å². The van der Waals surface area contributed by atoms with Crippen LogP contribution < -0.4 is 5.32 Å². The van der Waals surface area contributed by atoms with E-state index in [9.17, 15) is 9.59 Å². The van der Waals surface area contributed by atoms with Gasteiger partial charge >= 0.3 is 6.09 Å². The third kappa shape index (κ3) is 3.57. The largest absolute Gasteiger partial charge is 0.453 e. The highest BCUT2D eigenvalue weighted by atomic mass is 16.5. The third-order valence-electron chi connectivity index (χ3n) is 1.15. The molecule has 0 radical (unpaired) electrons. The Hall–Kier alpha value is -1.10. The van der Waals surface area contributed by atoms with Crippen molar-refractivity contribution < 1.29 is 19.4 Å². The highest BCUT2D eigenvalue weighted by molar-refractivity contribution is 5.85. The number of aliphatic hydroxyl groups is 1. The molecule has 0 aromatic rings. The molecule has 0 unspecified atom stereocenters. The average Bonchev–Trinajstić information content (AvgIpc) is 1.99. The first-order chi connectivity index (χ1) is 5.11. The number of ether oxygens (including phenoxy) is 1. The van der Waals surface area contributed by atoms with Crippen molar-refractivity contribution >= 4 is 11.9 Å². The average molecular weight is 161 g/mol. The van der Waals surface area contributed by atoms with Crippen molar-refractivity contribution in [3.05, 3.63) is 0 Å². The highest BCUT2D eigenvalue weighted by Gasteiger charge is 2.15. The maximum Gasteiger partial charge on any atom is 0.407 e. The fourth-order valence-electron chi connectivity index (χ4n) is 0.477. The molecule has 0 heterocycles. The monoisotopic (exact) mass is 161 g/mol. The van der Waals surface area contributed by atoms with Gasteiger partial charge in [-0.2, -0.15) is 0 Å². The van der Waals surface area contributed by atoms with E-state index in [1.807, 2.05) is 0 Å². The van der Waals surface area contributed by atoms with Gasteiger partial charge in [0.1, 0.15) is 6.04 Å². The van der Waals surface area contributed by atoms with E-state index in [2.05, 4.69) is 10.1 Å². The minimum Gasteiger partial charge on any atom is -0.453 e. The first-order valence-electron chi connectivity index (χ1n) is 3.07. The van der Waals surface area contributed by atoms with E-state index in [1.54, 1.807) is 0 Å². The molecule has 2 N–H and O–H groups in total. The summed E-state index contributed by atoms with van der Waals surface area (Å²) in [5.41, 5.74) is 0. The van der Waals surface area contributed by atoms with E-state index in [0.29, 0.717) is 0 Å². The van der Waals surface area contributed by atoms with Crippen LogP contribution in [-0.2, 0) is 9.53 Å². The molecular formula is C6H11NO4. The Morgan fingerprint density at radius 2 is 2.18 bits per heavy atom. The number of nitrogens with one attached hydrogen (secondary N) is 1. The van der Waals surface area contributed by atoms with E-state index in [-0.39, 0.29) is 5.78 Å². The molecule has 1 atom stereocenters. The number of amides is 1. The van der Waals surface area contributed by atoms with Crippen LogP contribution in [-0.4, -0.2) is 36.7 Å². The van der Waals surface area contributed by atoms with Gasteiger partial charge in [0, 0.05) is 0 Å². The second kappa shape index (κ2) is 4.68. The van der Waals surface area contributed by atoms with Crippen LogP contribution in [0.2, 0.25) is 0 Å². The van der Waals surface area contributed by atoms with Gasteiger partial charge in [0.05, 0.1) is 13.7 Å². The number of alkyl carbamates (subject to hydrolysis) is 1. The summed E-state index contributed by atoms with van der Waals surface area (Å²) in [5, 5.41) is 10.7. The second-order valence-corrected chi connectivity index (χ2v) is 1.98. The van der Waals surface area contributed by atoms with Crippen molar-refractivity contribution in [3.63, 3.8) is 0 Å². The van der Waals surface area contributed by atoms with Crippen LogP contribution in [0.15, 0.2) is 0 Å². The van der Waals surface area contributed by atoms with Gasteiger partial charge in [-0.3, -0.25) is 4.79 Å². The van der Waals surface area contributed by atoms with Crippen molar-refractivity contribution in [2.75, 3.05) is 13.7 Å². The Balaban J connectivity index is 3.88. The first kappa shape index (κ1) is 9.90. The molecule has 5 nitrogen and oxygen atoms in total. The number of carbonyl (C=O) groups is 2. The second-order valence-electron chi connectivity index (χ2n) is 1.98. The molecular weight excluding hydrogens is 150 g/mol. The number of methoxy groups -OCH3 is 1. The van der Waals surface area contributed by atoms with Crippen LogP contribution in [0.3, 0.4) is 0 Å². The number of carbonyl (C=O) groups excluding carboxylic acids is 2. The molecule has 0 spiro atoms. The Morgan fingerprint density at radius 3 is 2.45 bits per heavy atom. The van der Waals surface area contributed by atoms with Crippen LogP contribution in [0, 0.1) is 0 Å². The summed E-state index contributed by atoms with van der Waals surface area (Å²) in [4.78, 5) is 21.1. The van der Waals surface area contributed by atoms with Gasteiger partial charge in [-0.25, -0.2) is 4.79 Å². The molecule has 0 saturated heterocycles. The lowest BCUT2D eigenvalue weighted by atomic mass is 10.2. The van der Waals surface area contributed by atoms with Crippen molar-refractivity contribution in [3.8, 4) is 0 Å². The van der Waals surface area contributed by atoms with Crippen LogP contribution in [0.4, 0.5) is 4.79 Å². The number of rotatable bonds is 3. The summed E-state index contributed by atoms with van der Waals surface area (Å²) in [6.45, 7) is 0.862. The van der Waals surface area contributed by atoms with E-state index in [0.717, 1.165) is 0 Å². The van der Waals surface area contributed by atoms with Crippen LogP contribution in [0.5, 0.6) is 0 Å². The molecule has 0 aromatic carbocycles. The summed E-state index contributed by atoms with van der Waals surface area (Å²) in [6, 6.07) is -0.859. The fourth-order valence-corrected chi connectivity index (χ4v) is 0.477. The Labute approximate surface area is 64.3 Å². The predicted molar refractivity (Wildman–Crippen MR) is 37.1 cm³/mol. The maximum atomic E-state index is 10.6. The zero-order valence-electron chi connectivity index (χ0n) is 6.46. The zero-order chi connectivity index (χ0) is 8.85. The van der Waals surface area contributed by atoms with Gasteiger partial charge < -0.3 is 15.2 Å². The van der Waals surface area contributed by atoms with Crippen LogP contribution >= 0.6 is 0 Å². The molecule has 0 bridgehead atoms. The Kier molecular flexibility index (Phi) is 4.21. The number of hydrogen-bond donors (Lipinski definition) is 2. The topological polar surface area (TPSA) is 75.6 Å². The quantitative estimate of drug-likeness (QED) is 0.573. The molecule has 0 aliphatic heterocycles. The lowest BCUT2D eigenvalue weighted by Gasteiger charge is -2.10. The minimum atomic E-state index is -0.859. The van der Waals surface area contributed by atoms with Crippen LogP contribution in [0.25, 0.3) is 0 Å². The molecule has 0 fully saturated rings. The van der Waals surface area contributed by atoms with Crippen molar-refractivity contribution in [2.24, 2.45) is 0 Å². The highest BCUT2D eigenvalue weighted by Crippen LogP contribution is 1.85. The standard InChI is InChI=1S/C6H11NO4/c1-4(9)5(3-8)7-6(10)11-2/h5,8H,3H2,1-2H3,(H,7,10)/t5-/m0/s1. The molecule has 0 saturated carbocycles. The lowest BCUT2D eigenvalue weighted by Crippen LogP contribution is -2.42. The summed E-state index contributed by atoms with van der Waals surface area (Å²) in [7, 11) is 1.18. The SMILES string of the molecule is COC(=O)N[C@@H](CO)C(C)=O. The molecule has 11 heavy (non-hydrogen) atoms. The Morgan fingerprint density at radius 1 is 1.64 bits per heavy atom. The normalized spacial score (nSPS) is 11.9. The van der Waals surface area contributed by atoms with E-state index < -0.39 is 18.7 Å². The fraction of sp³-hybridized carbons (Fsp3) is 0.667. The van der Waals surface area contributed by atoms with E-state index >= 15 is 0 Å². The molecule has 64 valence electrons. The first-order valence-corrected chi connectivity index (χ1v) is 3.07. The van der Waals surface area contributed by atoms with Gasteiger partial charge in [-0.15, -0.1) is 0 Å². The Bertz CT molecular complexity index is 157. The number of Topliss-reactive ketones (excluding diaryl/α,β-unsaturated/α-hetero) is 1. The number of aliphatic hydroxyl groups excluding tert-OH is 1. The van der Waals surface area contributed by atoms with Crippen molar-refractivity contribution in [2.45, 2.75) is 13.0 Å². The molecule has 0 rings (SSSR count). The van der Waals surface area contributed by atoms with Gasteiger partial charge in [0.25, 0.3) is 0 Å². The summed E-state index contributed by atoms with van der Waals surface area (Å²) >= 11 is 0. The zero-order valence-corrected chi connectivity index (χ0v) is 6.46. The molecule has 0 aromatic heterocycles. The van der Waals surface area contributed by atoms with Gasteiger partial charge in [-0.05, 0) is 6.92 Å². The van der Waals surface area contributed by atoms with E-state index in [4.69, 9.17) is 5.11 Å². The minimum absolute atomic E-state index is 0.307. The summed E-state index contributed by atoms with van der Waals surface area (Å²) in [6.07, 6.45) is -0.723. The summed E-state index contributed by atoms with van der Waals surface area (Å²) < 4.78 is 4.22. The summed E-state index contributed by atoms with van der Waals surface area (Å²) in [5.74, 6) is -0.307. The van der Waals surface area contributed by atoms with Crippen molar-refractivity contribution in [1.29, 1.82) is 0 Å². The number of hydrogen-bond acceptors (Lipinski definition) is 4. The number of ketones is 1. The third-order valence-corrected chi connectivity index (χ3v) is 1.15. The molecule has 0 aliphatic carbocycles. The van der Waals surface area contributed by atoms with Crippen LogP contribution in [0.1, 0.15) is 6.92 Å². The van der Waals surface area contributed by atoms with Gasteiger partial charge in [0.15, 0.2) is 5.78 Å².